The van der Waals surface area contributed by atoms with Crippen molar-refractivity contribution in [2.24, 2.45) is 11.1 Å². The molecule has 110 valence electrons. The quantitative estimate of drug-likeness (QED) is 0.905. The summed E-state index contributed by atoms with van der Waals surface area (Å²) in [7, 11) is 0. The molecule has 0 saturated carbocycles. The molecule has 21 heavy (non-hydrogen) atoms. The Hall–Kier alpha value is -1.84. The van der Waals surface area contributed by atoms with Gasteiger partial charge in [-0.15, -0.1) is 0 Å². The molecule has 3 N–H and O–H groups in total. The van der Waals surface area contributed by atoms with Gasteiger partial charge in [0.25, 0.3) is 0 Å². The Bertz CT molecular complexity index is 582. The standard InChI is InChI=1S/C18H22N2O/c1-18(13-21-11-17(18)19)12-20-16-9-7-15(8-10-16)14-5-3-2-4-6-14/h2-10,17,20H,11-13,19H2,1H3. The summed E-state index contributed by atoms with van der Waals surface area (Å²) in [5, 5.41) is 3.48. The van der Waals surface area contributed by atoms with Crippen LogP contribution in [-0.2, 0) is 4.74 Å². The van der Waals surface area contributed by atoms with Crippen LogP contribution < -0.4 is 11.1 Å². The van der Waals surface area contributed by atoms with Crippen LogP contribution in [0.2, 0.25) is 0 Å². The van der Waals surface area contributed by atoms with E-state index >= 15 is 0 Å². The Morgan fingerprint density at radius 2 is 1.76 bits per heavy atom. The predicted molar refractivity (Wildman–Crippen MR) is 87.3 cm³/mol. The molecular formula is C18H22N2O. The summed E-state index contributed by atoms with van der Waals surface area (Å²) in [4.78, 5) is 0. The number of benzene rings is 2. The molecule has 3 rings (SSSR count). The number of nitrogens with two attached hydrogens (primary N) is 1. The average Bonchev–Trinajstić information content (AvgIpc) is 2.87. The first-order chi connectivity index (χ1) is 10.2. The van der Waals surface area contributed by atoms with Crippen molar-refractivity contribution < 1.29 is 4.74 Å². The van der Waals surface area contributed by atoms with Crippen molar-refractivity contribution in [1.29, 1.82) is 0 Å². The zero-order valence-corrected chi connectivity index (χ0v) is 12.4. The molecule has 3 heteroatoms. The minimum atomic E-state index is 0.0120. The van der Waals surface area contributed by atoms with Crippen molar-refractivity contribution in [3.05, 3.63) is 54.6 Å². The molecule has 1 saturated heterocycles. The summed E-state index contributed by atoms with van der Waals surface area (Å²) in [6.45, 7) is 4.39. The first-order valence-corrected chi connectivity index (χ1v) is 7.40. The van der Waals surface area contributed by atoms with Crippen LogP contribution in [0, 0.1) is 5.41 Å². The van der Waals surface area contributed by atoms with Crippen molar-refractivity contribution >= 4 is 5.69 Å². The maximum atomic E-state index is 6.11. The van der Waals surface area contributed by atoms with Crippen molar-refractivity contribution in [3.63, 3.8) is 0 Å². The van der Waals surface area contributed by atoms with Crippen LogP contribution in [0.4, 0.5) is 5.69 Å². The Labute approximate surface area is 126 Å². The summed E-state index contributed by atoms with van der Waals surface area (Å²) in [6.07, 6.45) is 0. The molecule has 0 bridgehead atoms. The molecule has 2 aromatic carbocycles. The van der Waals surface area contributed by atoms with E-state index in [1.807, 2.05) is 6.07 Å². The van der Waals surface area contributed by atoms with Gasteiger partial charge in [-0.2, -0.15) is 0 Å². The van der Waals surface area contributed by atoms with Gasteiger partial charge in [0.15, 0.2) is 0 Å². The van der Waals surface area contributed by atoms with E-state index in [0.29, 0.717) is 6.61 Å². The second kappa shape index (κ2) is 5.88. The molecule has 2 aromatic rings. The monoisotopic (exact) mass is 282 g/mol. The summed E-state index contributed by atoms with van der Waals surface area (Å²) in [6, 6.07) is 19.0. The number of anilines is 1. The smallest absolute Gasteiger partial charge is 0.0624 e. The molecule has 0 spiro atoms. The minimum absolute atomic E-state index is 0.0120. The first kappa shape index (κ1) is 14.1. The molecule has 0 aromatic heterocycles. The van der Waals surface area contributed by atoms with Crippen molar-refractivity contribution in [2.45, 2.75) is 13.0 Å². The average molecular weight is 282 g/mol. The van der Waals surface area contributed by atoms with Gasteiger partial charge < -0.3 is 15.8 Å². The molecule has 0 radical (unpaired) electrons. The van der Waals surface area contributed by atoms with Crippen LogP contribution in [0.1, 0.15) is 6.92 Å². The van der Waals surface area contributed by atoms with Crippen LogP contribution in [0.3, 0.4) is 0 Å². The Kier molecular flexibility index (Phi) is 3.95. The van der Waals surface area contributed by atoms with Gasteiger partial charge >= 0.3 is 0 Å². The Morgan fingerprint density at radius 1 is 1.10 bits per heavy atom. The van der Waals surface area contributed by atoms with Gasteiger partial charge in [0, 0.05) is 23.7 Å². The first-order valence-electron chi connectivity index (χ1n) is 7.40. The van der Waals surface area contributed by atoms with E-state index in [0.717, 1.165) is 18.8 Å². The van der Waals surface area contributed by atoms with E-state index in [4.69, 9.17) is 10.5 Å². The molecule has 3 nitrogen and oxygen atoms in total. The lowest BCUT2D eigenvalue weighted by atomic mass is 9.86. The normalized spacial score (nSPS) is 25.0. The molecule has 1 aliphatic rings. The zero-order chi connectivity index (χ0) is 14.7. The van der Waals surface area contributed by atoms with E-state index in [9.17, 15) is 0 Å². The van der Waals surface area contributed by atoms with Crippen LogP contribution in [0.15, 0.2) is 54.6 Å². The number of rotatable bonds is 4. The van der Waals surface area contributed by atoms with E-state index < -0.39 is 0 Å². The summed E-state index contributed by atoms with van der Waals surface area (Å²) >= 11 is 0. The highest BCUT2D eigenvalue weighted by atomic mass is 16.5. The number of ether oxygens (including phenoxy) is 1. The van der Waals surface area contributed by atoms with Gasteiger partial charge in [-0.3, -0.25) is 0 Å². The van der Waals surface area contributed by atoms with Crippen LogP contribution in [0.25, 0.3) is 11.1 Å². The fourth-order valence-electron chi connectivity index (χ4n) is 2.62. The highest BCUT2D eigenvalue weighted by Crippen LogP contribution is 2.28. The van der Waals surface area contributed by atoms with Crippen LogP contribution >= 0.6 is 0 Å². The maximum Gasteiger partial charge on any atom is 0.0624 e. The van der Waals surface area contributed by atoms with E-state index in [2.05, 4.69) is 60.8 Å². The fraction of sp³-hybridized carbons (Fsp3) is 0.333. The lowest BCUT2D eigenvalue weighted by Gasteiger charge is -2.27. The molecule has 2 atom stereocenters. The van der Waals surface area contributed by atoms with Crippen LogP contribution in [0.5, 0.6) is 0 Å². The third-order valence-electron chi connectivity index (χ3n) is 4.31. The second-order valence-corrected chi connectivity index (χ2v) is 6.07. The van der Waals surface area contributed by atoms with E-state index in [1.165, 1.54) is 11.1 Å². The Balaban J connectivity index is 1.65. The van der Waals surface area contributed by atoms with Crippen molar-refractivity contribution in [1.82, 2.24) is 0 Å². The predicted octanol–water partition coefficient (Wildman–Crippen LogP) is 3.13. The van der Waals surface area contributed by atoms with Gasteiger partial charge in [0.05, 0.1) is 13.2 Å². The van der Waals surface area contributed by atoms with Gasteiger partial charge in [-0.05, 0) is 23.3 Å². The molecule has 1 heterocycles. The van der Waals surface area contributed by atoms with E-state index in [1.54, 1.807) is 0 Å². The molecule has 0 amide bonds. The summed E-state index contributed by atoms with van der Waals surface area (Å²) < 4.78 is 5.47. The highest BCUT2D eigenvalue weighted by molar-refractivity contribution is 5.65. The zero-order valence-electron chi connectivity index (χ0n) is 12.4. The number of hydrogen-bond acceptors (Lipinski definition) is 3. The van der Waals surface area contributed by atoms with E-state index in [-0.39, 0.29) is 11.5 Å². The number of hydrogen-bond donors (Lipinski definition) is 2. The molecular weight excluding hydrogens is 260 g/mol. The van der Waals surface area contributed by atoms with Gasteiger partial charge in [-0.25, -0.2) is 0 Å². The van der Waals surface area contributed by atoms with Crippen LogP contribution in [-0.4, -0.2) is 25.8 Å². The molecule has 1 fully saturated rings. The minimum Gasteiger partial charge on any atom is -0.384 e. The lowest BCUT2D eigenvalue weighted by molar-refractivity contribution is 0.164. The number of nitrogens with one attached hydrogen (secondary N) is 1. The Morgan fingerprint density at radius 3 is 2.38 bits per heavy atom. The molecule has 1 aliphatic heterocycles. The second-order valence-electron chi connectivity index (χ2n) is 6.07. The topological polar surface area (TPSA) is 47.3 Å². The van der Waals surface area contributed by atoms with Crippen molar-refractivity contribution in [3.8, 4) is 11.1 Å². The third kappa shape index (κ3) is 3.09. The molecule has 0 aliphatic carbocycles. The largest absolute Gasteiger partial charge is 0.384 e. The summed E-state index contributed by atoms with van der Waals surface area (Å²) in [5.41, 5.74) is 9.71. The lowest BCUT2D eigenvalue weighted by Crippen LogP contribution is -2.43. The third-order valence-corrected chi connectivity index (χ3v) is 4.31. The van der Waals surface area contributed by atoms with Crippen molar-refractivity contribution in [2.75, 3.05) is 25.1 Å². The fourth-order valence-corrected chi connectivity index (χ4v) is 2.62. The van der Waals surface area contributed by atoms with Gasteiger partial charge in [0.1, 0.15) is 0 Å². The SMILES string of the molecule is CC1(CNc2ccc(-c3ccccc3)cc2)COCC1N. The maximum absolute atomic E-state index is 6.11. The summed E-state index contributed by atoms with van der Waals surface area (Å²) in [5.74, 6) is 0. The molecule has 2 unspecified atom stereocenters. The highest BCUT2D eigenvalue weighted by Gasteiger charge is 2.37. The van der Waals surface area contributed by atoms with Gasteiger partial charge in [-0.1, -0.05) is 49.4 Å². The van der Waals surface area contributed by atoms with Gasteiger partial charge in [0.2, 0.25) is 0 Å².